The Morgan fingerprint density at radius 1 is 1.32 bits per heavy atom. The normalized spacial score (nSPS) is 11.6. The largest absolute Gasteiger partial charge is 0.299 e. The second-order valence-corrected chi connectivity index (χ2v) is 6.97. The van der Waals surface area contributed by atoms with Crippen molar-refractivity contribution in [3.8, 4) is 11.4 Å². The summed E-state index contributed by atoms with van der Waals surface area (Å²) in [5.41, 5.74) is 0.906. The van der Waals surface area contributed by atoms with E-state index in [0.717, 1.165) is 5.56 Å². The Labute approximate surface area is 117 Å². The molecule has 0 saturated heterocycles. The average molecular weight is 297 g/mol. The smallest absolute Gasteiger partial charge is 0.195 e. The molecule has 0 amide bonds. The van der Waals surface area contributed by atoms with Crippen LogP contribution in [0.15, 0.2) is 30.3 Å². The summed E-state index contributed by atoms with van der Waals surface area (Å²) in [6, 6.07) is 9.54. The lowest BCUT2D eigenvalue weighted by molar-refractivity contribution is 0.590. The van der Waals surface area contributed by atoms with E-state index in [1.807, 2.05) is 30.3 Å². The minimum atomic E-state index is -3.02. The van der Waals surface area contributed by atoms with Gasteiger partial charge in [0.2, 0.25) is 0 Å². The average Bonchev–Trinajstić information content (AvgIpc) is 2.79. The number of sulfone groups is 1. The van der Waals surface area contributed by atoms with Crippen LogP contribution in [0.25, 0.3) is 11.4 Å². The van der Waals surface area contributed by atoms with E-state index in [4.69, 9.17) is 12.2 Å². The Morgan fingerprint density at radius 3 is 2.63 bits per heavy atom. The minimum absolute atomic E-state index is 0.0666. The van der Waals surface area contributed by atoms with Gasteiger partial charge in [0.15, 0.2) is 20.4 Å². The Morgan fingerprint density at radius 2 is 2.00 bits per heavy atom. The van der Waals surface area contributed by atoms with Gasteiger partial charge in [-0.3, -0.25) is 9.67 Å². The predicted octanol–water partition coefficient (Wildman–Crippen LogP) is 2.04. The van der Waals surface area contributed by atoms with Crippen molar-refractivity contribution >= 4 is 22.1 Å². The van der Waals surface area contributed by atoms with Crippen LogP contribution in [-0.4, -0.2) is 34.7 Å². The summed E-state index contributed by atoms with van der Waals surface area (Å²) in [5.74, 6) is 0.868. The number of nitrogens with one attached hydrogen (secondary N) is 1. The molecular weight excluding hydrogens is 282 g/mol. The monoisotopic (exact) mass is 297 g/mol. The molecule has 19 heavy (non-hydrogen) atoms. The third-order valence-corrected chi connectivity index (χ3v) is 4.85. The number of rotatable bonds is 5. The summed E-state index contributed by atoms with van der Waals surface area (Å²) in [6.07, 6.45) is 0. The summed E-state index contributed by atoms with van der Waals surface area (Å²) in [4.78, 5) is 0. The lowest BCUT2D eigenvalue weighted by atomic mass is 10.2. The molecule has 1 N–H and O–H groups in total. The molecule has 0 fully saturated rings. The highest BCUT2D eigenvalue weighted by Gasteiger charge is 2.12. The maximum absolute atomic E-state index is 11.6. The maximum Gasteiger partial charge on any atom is 0.195 e. The van der Waals surface area contributed by atoms with Crippen LogP contribution in [0.1, 0.15) is 6.92 Å². The lowest BCUT2D eigenvalue weighted by Gasteiger charge is -2.06. The van der Waals surface area contributed by atoms with Crippen molar-refractivity contribution in [3.05, 3.63) is 35.1 Å². The van der Waals surface area contributed by atoms with Crippen LogP contribution < -0.4 is 0 Å². The third kappa shape index (κ3) is 3.30. The zero-order valence-electron chi connectivity index (χ0n) is 10.5. The Kier molecular flexibility index (Phi) is 4.16. The predicted molar refractivity (Wildman–Crippen MR) is 77.2 cm³/mol. The van der Waals surface area contributed by atoms with Gasteiger partial charge in [-0.2, -0.15) is 5.10 Å². The molecule has 1 aromatic heterocycles. The summed E-state index contributed by atoms with van der Waals surface area (Å²) in [5, 5.41) is 6.87. The second kappa shape index (κ2) is 5.66. The van der Waals surface area contributed by atoms with E-state index in [9.17, 15) is 8.42 Å². The Balaban J connectivity index is 2.32. The first kappa shape index (κ1) is 14.0. The van der Waals surface area contributed by atoms with Gasteiger partial charge in [-0.1, -0.05) is 37.3 Å². The molecule has 0 aliphatic rings. The number of H-pyrrole nitrogens is 1. The van der Waals surface area contributed by atoms with Crippen molar-refractivity contribution in [2.75, 3.05) is 11.5 Å². The van der Waals surface area contributed by atoms with E-state index in [2.05, 4.69) is 10.2 Å². The number of aromatic nitrogens is 3. The van der Waals surface area contributed by atoms with Crippen molar-refractivity contribution in [2.45, 2.75) is 13.5 Å². The van der Waals surface area contributed by atoms with Gasteiger partial charge < -0.3 is 0 Å². The molecule has 0 spiro atoms. The molecule has 102 valence electrons. The standard InChI is InChI=1S/C12H15N3O2S2/c1-2-19(16,17)9-8-15-11(13-14-12(15)18)10-6-4-3-5-7-10/h3-7H,2,8-9H2,1H3,(H,14,18). The van der Waals surface area contributed by atoms with Gasteiger partial charge in [-0.15, -0.1) is 0 Å². The lowest BCUT2D eigenvalue weighted by Crippen LogP contribution is -2.15. The molecule has 1 heterocycles. The zero-order valence-corrected chi connectivity index (χ0v) is 12.2. The fourth-order valence-corrected chi connectivity index (χ4v) is 2.68. The van der Waals surface area contributed by atoms with Crippen LogP contribution in [0.2, 0.25) is 0 Å². The SMILES string of the molecule is CCS(=O)(=O)CCn1c(-c2ccccc2)n[nH]c1=S. The summed E-state index contributed by atoms with van der Waals surface area (Å²) in [6.45, 7) is 1.96. The number of nitrogens with zero attached hydrogens (tertiary/aromatic N) is 2. The van der Waals surface area contributed by atoms with Crippen LogP contribution in [0.4, 0.5) is 0 Å². The molecular formula is C12H15N3O2S2. The van der Waals surface area contributed by atoms with Crippen LogP contribution >= 0.6 is 12.2 Å². The summed E-state index contributed by atoms with van der Waals surface area (Å²) in [7, 11) is -3.02. The molecule has 0 aliphatic heterocycles. The molecule has 2 rings (SSSR count). The van der Waals surface area contributed by atoms with Gasteiger partial charge in [0.25, 0.3) is 0 Å². The molecule has 7 heteroatoms. The summed E-state index contributed by atoms with van der Waals surface area (Å²) < 4.78 is 25.3. The van der Waals surface area contributed by atoms with E-state index < -0.39 is 9.84 Å². The Bertz CT molecular complexity index is 702. The molecule has 5 nitrogen and oxygen atoms in total. The van der Waals surface area contributed by atoms with Gasteiger partial charge in [0.1, 0.15) is 0 Å². The Hall–Kier alpha value is -1.47. The van der Waals surface area contributed by atoms with Gasteiger partial charge in [0, 0.05) is 17.9 Å². The topological polar surface area (TPSA) is 67.8 Å². The molecule has 2 aromatic rings. The quantitative estimate of drug-likeness (QED) is 0.858. The van der Waals surface area contributed by atoms with Crippen molar-refractivity contribution in [1.82, 2.24) is 14.8 Å². The highest BCUT2D eigenvalue weighted by Crippen LogP contribution is 2.16. The van der Waals surface area contributed by atoms with Crippen molar-refractivity contribution in [3.63, 3.8) is 0 Å². The van der Waals surface area contributed by atoms with Gasteiger partial charge in [-0.05, 0) is 12.2 Å². The van der Waals surface area contributed by atoms with Crippen molar-refractivity contribution in [2.24, 2.45) is 0 Å². The summed E-state index contributed by atoms with van der Waals surface area (Å²) >= 11 is 5.15. The van der Waals surface area contributed by atoms with Crippen molar-refractivity contribution < 1.29 is 8.42 Å². The first-order valence-corrected chi connectivity index (χ1v) is 8.17. The molecule has 0 radical (unpaired) electrons. The van der Waals surface area contributed by atoms with Crippen molar-refractivity contribution in [1.29, 1.82) is 0 Å². The maximum atomic E-state index is 11.6. The fraction of sp³-hybridized carbons (Fsp3) is 0.333. The van der Waals surface area contributed by atoms with Crippen LogP contribution in [0.5, 0.6) is 0 Å². The first-order valence-electron chi connectivity index (χ1n) is 5.94. The molecule has 0 aliphatic carbocycles. The molecule has 0 saturated carbocycles. The fourth-order valence-electron chi connectivity index (χ4n) is 1.71. The van der Waals surface area contributed by atoms with E-state index in [0.29, 0.717) is 17.1 Å². The van der Waals surface area contributed by atoms with E-state index in [1.165, 1.54) is 0 Å². The first-order chi connectivity index (χ1) is 9.03. The van der Waals surface area contributed by atoms with E-state index in [1.54, 1.807) is 11.5 Å². The van der Waals surface area contributed by atoms with Gasteiger partial charge in [0.05, 0.1) is 5.75 Å². The molecule has 0 unspecified atom stereocenters. The highest BCUT2D eigenvalue weighted by atomic mass is 32.2. The number of aromatic amines is 1. The van der Waals surface area contributed by atoms with Crippen LogP contribution in [-0.2, 0) is 16.4 Å². The van der Waals surface area contributed by atoms with Crippen LogP contribution in [0, 0.1) is 4.77 Å². The van der Waals surface area contributed by atoms with Gasteiger partial charge in [-0.25, -0.2) is 8.42 Å². The number of benzene rings is 1. The molecule has 1 aromatic carbocycles. The van der Waals surface area contributed by atoms with E-state index >= 15 is 0 Å². The zero-order chi connectivity index (χ0) is 13.9. The minimum Gasteiger partial charge on any atom is -0.299 e. The third-order valence-electron chi connectivity index (χ3n) is 2.86. The number of hydrogen-bond acceptors (Lipinski definition) is 4. The van der Waals surface area contributed by atoms with E-state index in [-0.39, 0.29) is 11.5 Å². The molecule has 0 atom stereocenters. The van der Waals surface area contributed by atoms with Gasteiger partial charge >= 0.3 is 0 Å². The second-order valence-electron chi connectivity index (χ2n) is 4.11. The molecule has 0 bridgehead atoms. The van der Waals surface area contributed by atoms with Crippen LogP contribution in [0.3, 0.4) is 0 Å². The highest BCUT2D eigenvalue weighted by molar-refractivity contribution is 7.91. The number of hydrogen-bond donors (Lipinski definition) is 1.